The highest BCUT2D eigenvalue weighted by Crippen LogP contribution is 2.25. The number of hydrogen-bond donors (Lipinski definition) is 1. The average Bonchev–Trinajstić information content (AvgIpc) is 2.69. The van der Waals surface area contributed by atoms with Gasteiger partial charge in [-0.1, -0.05) is 0 Å². The lowest BCUT2D eigenvalue weighted by Crippen LogP contribution is -2.29. The van der Waals surface area contributed by atoms with Gasteiger partial charge in [0.05, 0.1) is 12.7 Å². The van der Waals surface area contributed by atoms with Crippen LogP contribution in [0.4, 0.5) is 0 Å². The molecular weight excluding hydrogens is 250 g/mol. The summed E-state index contributed by atoms with van der Waals surface area (Å²) in [5, 5.41) is 9.55. The Balaban J connectivity index is 2.19. The molecule has 6 nitrogen and oxygen atoms in total. The van der Waals surface area contributed by atoms with E-state index >= 15 is 0 Å². The number of esters is 1. The standard InChI is InChI=1S/C13H15NO5/c1-14-4-3-11(12(14)16)19-10-6-8(13(17)18-2)5-9(15)7-10/h5-7,11,15H,3-4H2,1-2H3/t11-/m0/s1. The van der Waals surface area contributed by atoms with Crippen molar-refractivity contribution >= 4 is 11.9 Å². The fourth-order valence-corrected chi connectivity index (χ4v) is 1.95. The van der Waals surface area contributed by atoms with Crippen molar-refractivity contribution in [2.75, 3.05) is 20.7 Å². The van der Waals surface area contributed by atoms with Crippen molar-refractivity contribution < 1.29 is 24.2 Å². The largest absolute Gasteiger partial charge is 0.508 e. The summed E-state index contributed by atoms with van der Waals surface area (Å²) in [6, 6.07) is 4.08. The quantitative estimate of drug-likeness (QED) is 0.818. The maximum absolute atomic E-state index is 11.7. The van der Waals surface area contributed by atoms with Crippen LogP contribution >= 0.6 is 0 Å². The molecule has 102 valence electrons. The lowest BCUT2D eigenvalue weighted by molar-refractivity contribution is -0.132. The second-order valence-electron chi connectivity index (χ2n) is 4.36. The maximum Gasteiger partial charge on any atom is 0.338 e. The summed E-state index contributed by atoms with van der Waals surface area (Å²) in [5.74, 6) is -0.524. The van der Waals surface area contributed by atoms with Crippen LogP contribution in [0.5, 0.6) is 11.5 Å². The number of benzene rings is 1. The molecule has 6 heteroatoms. The Kier molecular flexibility index (Phi) is 3.59. The molecule has 19 heavy (non-hydrogen) atoms. The van der Waals surface area contributed by atoms with Crippen molar-refractivity contribution in [2.24, 2.45) is 0 Å². The zero-order chi connectivity index (χ0) is 14.0. The van der Waals surface area contributed by atoms with E-state index in [2.05, 4.69) is 4.74 Å². The first-order valence-corrected chi connectivity index (χ1v) is 5.85. The van der Waals surface area contributed by atoms with Gasteiger partial charge in [-0.3, -0.25) is 4.79 Å². The van der Waals surface area contributed by atoms with Crippen molar-refractivity contribution in [3.8, 4) is 11.5 Å². The van der Waals surface area contributed by atoms with E-state index in [1.54, 1.807) is 11.9 Å². The molecule has 0 aromatic heterocycles. The summed E-state index contributed by atoms with van der Waals surface area (Å²) in [4.78, 5) is 24.7. The van der Waals surface area contributed by atoms with E-state index < -0.39 is 12.1 Å². The van der Waals surface area contributed by atoms with Gasteiger partial charge in [0.25, 0.3) is 5.91 Å². The lowest BCUT2D eigenvalue weighted by Gasteiger charge is -2.13. The Hall–Kier alpha value is -2.24. The Bertz CT molecular complexity index is 514. The predicted molar refractivity (Wildman–Crippen MR) is 66.1 cm³/mol. The number of carbonyl (C=O) groups is 2. The predicted octanol–water partition coefficient (Wildman–Crippen LogP) is 0.788. The summed E-state index contributed by atoms with van der Waals surface area (Å²) >= 11 is 0. The molecule has 1 amide bonds. The van der Waals surface area contributed by atoms with Crippen molar-refractivity contribution in [3.63, 3.8) is 0 Å². The number of phenolic OH excluding ortho intramolecular Hbond substituents is 1. The molecule has 0 unspecified atom stereocenters. The number of amides is 1. The fraction of sp³-hybridized carbons (Fsp3) is 0.385. The lowest BCUT2D eigenvalue weighted by atomic mass is 10.2. The summed E-state index contributed by atoms with van der Waals surface area (Å²) in [6.45, 7) is 0.631. The van der Waals surface area contributed by atoms with Crippen LogP contribution < -0.4 is 4.74 Å². The number of phenols is 1. The minimum absolute atomic E-state index is 0.108. The fourth-order valence-electron chi connectivity index (χ4n) is 1.95. The summed E-state index contributed by atoms with van der Waals surface area (Å²) in [7, 11) is 2.95. The van der Waals surface area contributed by atoms with E-state index in [-0.39, 0.29) is 23.0 Å². The molecule has 1 aliphatic heterocycles. The van der Waals surface area contributed by atoms with Gasteiger partial charge in [0.2, 0.25) is 0 Å². The molecule has 0 spiro atoms. The van der Waals surface area contributed by atoms with Crippen molar-refractivity contribution in [2.45, 2.75) is 12.5 Å². The number of likely N-dealkylation sites (N-methyl/N-ethyl adjacent to an activating group) is 1. The molecule has 1 aromatic carbocycles. The number of ether oxygens (including phenoxy) is 2. The number of likely N-dealkylation sites (tertiary alicyclic amines) is 1. The number of nitrogens with zero attached hydrogens (tertiary/aromatic N) is 1. The van der Waals surface area contributed by atoms with Crippen LogP contribution in [0.1, 0.15) is 16.8 Å². The first-order valence-electron chi connectivity index (χ1n) is 5.85. The molecule has 0 bridgehead atoms. The van der Waals surface area contributed by atoms with Crippen LogP contribution in [0, 0.1) is 0 Å². The van der Waals surface area contributed by atoms with Gasteiger partial charge in [-0.15, -0.1) is 0 Å². The molecule has 1 aromatic rings. The van der Waals surface area contributed by atoms with E-state index in [4.69, 9.17) is 4.74 Å². The van der Waals surface area contributed by atoms with Gasteiger partial charge in [-0.25, -0.2) is 4.79 Å². The van der Waals surface area contributed by atoms with E-state index in [1.807, 2.05) is 0 Å². The second-order valence-corrected chi connectivity index (χ2v) is 4.36. The van der Waals surface area contributed by atoms with Gasteiger partial charge in [0.1, 0.15) is 11.5 Å². The molecule has 1 N–H and O–H groups in total. The van der Waals surface area contributed by atoms with Gasteiger partial charge in [-0.2, -0.15) is 0 Å². The molecule has 1 atom stereocenters. The third-order valence-corrected chi connectivity index (χ3v) is 2.97. The first kappa shape index (κ1) is 13.2. The third kappa shape index (κ3) is 2.78. The maximum atomic E-state index is 11.7. The molecule has 1 heterocycles. The van der Waals surface area contributed by atoms with Crippen molar-refractivity contribution in [1.29, 1.82) is 0 Å². The van der Waals surface area contributed by atoms with Gasteiger partial charge in [0.15, 0.2) is 6.10 Å². The van der Waals surface area contributed by atoms with E-state index in [1.165, 1.54) is 25.3 Å². The molecule has 1 saturated heterocycles. The van der Waals surface area contributed by atoms with Crippen molar-refractivity contribution in [1.82, 2.24) is 4.90 Å². The zero-order valence-corrected chi connectivity index (χ0v) is 10.8. The number of aromatic hydroxyl groups is 1. The van der Waals surface area contributed by atoms with Crippen LogP contribution in [0.25, 0.3) is 0 Å². The van der Waals surface area contributed by atoms with Crippen LogP contribution in [0.2, 0.25) is 0 Å². The zero-order valence-electron chi connectivity index (χ0n) is 10.8. The molecule has 0 saturated carbocycles. The second kappa shape index (κ2) is 5.17. The van der Waals surface area contributed by atoms with E-state index in [0.717, 1.165) is 0 Å². The minimum atomic E-state index is -0.574. The summed E-state index contributed by atoms with van der Waals surface area (Å²) in [6.07, 6.45) is 0.00994. The van der Waals surface area contributed by atoms with Gasteiger partial charge in [-0.05, 0) is 12.1 Å². The SMILES string of the molecule is COC(=O)c1cc(O)cc(O[C@H]2CCN(C)C2=O)c1. The number of hydrogen-bond acceptors (Lipinski definition) is 5. The monoisotopic (exact) mass is 265 g/mol. The Morgan fingerprint density at radius 3 is 2.74 bits per heavy atom. The van der Waals surface area contributed by atoms with Crippen LogP contribution in [-0.2, 0) is 9.53 Å². The smallest absolute Gasteiger partial charge is 0.338 e. The molecule has 1 fully saturated rings. The number of methoxy groups -OCH3 is 1. The molecule has 0 aliphatic carbocycles. The molecular formula is C13H15NO5. The van der Waals surface area contributed by atoms with Crippen LogP contribution in [-0.4, -0.2) is 48.7 Å². The molecule has 0 radical (unpaired) electrons. The summed E-state index contributed by atoms with van der Waals surface area (Å²) in [5.41, 5.74) is 0.177. The summed E-state index contributed by atoms with van der Waals surface area (Å²) < 4.78 is 10.1. The van der Waals surface area contributed by atoms with E-state index in [9.17, 15) is 14.7 Å². The van der Waals surface area contributed by atoms with E-state index in [0.29, 0.717) is 13.0 Å². The number of rotatable bonds is 3. The average molecular weight is 265 g/mol. The highest BCUT2D eigenvalue weighted by atomic mass is 16.5. The highest BCUT2D eigenvalue weighted by molar-refractivity contribution is 5.90. The van der Waals surface area contributed by atoms with Crippen LogP contribution in [0.15, 0.2) is 18.2 Å². The van der Waals surface area contributed by atoms with Gasteiger partial charge >= 0.3 is 5.97 Å². The Morgan fingerprint density at radius 1 is 1.42 bits per heavy atom. The topological polar surface area (TPSA) is 76.1 Å². The van der Waals surface area contributed by atoms with Gasteiger partial charge < -0.3 is 19.5 Å². The highest BCUT2D eigenvalue weighted by Gasteiger charge is 2.31. The minimum Gasteiger partial charge on any atom is -0.508 e. The normalized spacial score (nSPS) is 18.5. The first-order chi connectivity index (χ1) is 9.01. The Labute approximate surface area is 110 Å². The molecule has 1 aliphatic rings. The third-order valence-electron chi connectivity index (χ3n) is 2.97. The molecule has 2 rings (SSSR count). The number of carbonyl (C=O) groups excluding carboxylic acids is 2. The Morgan fingerprint density at radius 2 is 2.16 bits per heavy atom. The van der Waals surface area contributed by atoms with Crippen molar-refractivity contribution in [3.05, 3.63) is 23.8 Å². The van der Waals surface area contributed by atoms with Crippen LogP contribution in [0.3, 0.4) is 0 Å². The van der Waals surface area contributed by atoms with Gasteiger partial charge in [0, 0.05) is 26.1 Å².